The first-order valence-corrected chi connectivity index (χ1v) is 10.4. The second kappa shape index (κ2) is 7.36. The van der Waals surface area contributed by atoms with E-state index in [0.717, 1.165) is 33.5 Å². The average molecular weight is 414 g/mol. The van der Waals surface area contributed by atoms with Crippen LogP contribution in [0.3, 0.4) is 0 Å². The predicted molar refractivity (Wildman–Crippen MR) is 128 cm³/mol. The van der Waals surface area contributed by atoms with Crippen molar-refractivity contribution in [3.8, 4) is 22.6 Å². The topological polar surface area (TPSA) is 55.1 Å². The van der Waals surface area contributed by atoms with Gasteiger partial charge in [0.2, 0.25) is 5.89 Å². The Hall–Kier alpha value is -4.44. The first kappa shape index (κ1) is 18.3. The van der Waals surface area contributed by atoms with Gasteiger partial charge in [-0.1, -0.05) is 66.7 Å². The maximum atomic E-state index is 12.4. The summed E-state index contributed by atoms with van der Waals surface area (Å²) in [6, 6.07) is 32.0. The van der Waals surface area contributed by atoms with Crippen molar-refractivity contribution in [3.05, 3.63) is 108 Å². The minimum Gasteiger partial charge on any atom is -0.436 e. The van der Waals surface area contributed by atoms with Gasteiger partial charge in [-0.15, -0.1) is 0 Å². The summed E-state index contributed by atoms with van der Waals surface area (Å²) >= 11 is 0. The molecule has 0 atom stereocenters. The van der Waals surface area contributed by atoms with E-state index in [4.69, 9.17) is 4.42 Å². The van der Waals surface area contributed by atoms with Gasteiger partial charge in [-0.05, 0) is 53.1 Å². The number of carbonyl (C=O) groups excluding carboxylic acids is 1. The van der Waals surface area contributed by atoms with E-state index in [0.29, 0.717) is 17.0 Å². The number of anilines is 1. The zero-order chi connectivity index (χ0) is 21.5. The molecule has 0 aliphatic carbocycles. The number of carbonyl (C=O) groups is 1. The highest BCUT2D eigenvalue weighted by atomic mass is 16.3. The van der Waals surface area contributed by atoms with Crippen molar-refractivity contribution in [2.45, 2.75) is 0 Å². The highest BCUT2D eigenvalue weighted by molar-refractivity contribution is 6.34. The fourth-order valence-electron chi connectivity index (χ4n) is 4.04. The summed E-state index contributed by atoms with van der Waals surface area (Å²) in [6.45, 7) is 0. The Morgan fingerprint density at radius 3 is 2.31 bits per heavy atom. The highest BCUT2D eigenvalue weighted by Gasteiger charge is 2.23. The van der Waals surface area contributed by atoms with E-state index in [1.54, 1.807) is 0 Å². The highest BCUT2D eigenvalue weighted by Crippen LogP contribution is 2.33. The van der Waals surface area contributed by atoms with Crippen LogP contribution in [0.25, 0.3) is 45.3 Å². The number of nitrogens with zero attached hydrogens (tertiary/aromatic N) is 1. The number of nitrogens with one attached hydrogen (secondary N) is 1. The lowest BCUT2D eigenvalue weighted by molar-refractivity contribution is -0.110. The third-order valence-corrected chi connectivity index (χ3v) is 5.67. The van der Waals surface area contributed by atoms with Crippen LogP contribution in [-0.2, 0) is 4.79 Å². The Balaban J connectivity index is 1.33. The van der Waals surface area contributed by atoms with Crippen LogP contribution in [-0.4, -0.2) is 10.9 Å². The van der Waals surface area contributed by atoms with E-state index in [9.17, 15) is 4.79 Å². The normalized spacial score (nSPS) is 14.0. The number of hydrogen-bond acceptors (Lipinski definition) is 3. The molecule has 4 heteroatoms. The number of amides is 1. The molecule has 152 valence electrons. The molecule has 0 saturated carbocycles. The van der Waals surface area contributed by atoms with Crippen molar-refractivity contribution in [2.24, 2.45) is 0 Å². The van der Waals surface area contributed by atoms with Crippen molar-refractivity contribution in [1.82, 2.24) is 4.98 Å². The number of aromatic nitrogens is 1. The molecule has 1 aliphatic rings. The van der Waals surface area contributed by atoms with Crippen LogP contribution in [0.5, 0.6) is 0 Å². The lowest BCUT2D eigenvalue weighted by Gasteiger charge is -2.02. The molecule has 4 aromatic carbocycles. The van der Waals surface area contributed by atoms with Crippen LogP contribution in [0.4, 0.5) is 5.69 Å². The minimum absolute atomic E-state index is 0.0944. The number of fused-ring (bicyclic) bond motifs is 2. The van der Waals surface area contributed by atoms with Crippen molar-refractivity contribution in [3.63, 3.8) is 0 Å². The first-order chi connectivity index (χ1) is 15.7. The zero-order valence-corrected chi connectivity index (χ0v) is 17.1. The smallest absolute Gasteiger partial charge is 0.256 e. The minimum atomic E-state index is -0.0944. The Morgan fingerprint density at radius 2 is 1.47 bits per heavy atom. The quantitative estimate of drug-likeness (QED) is 0.336. The van der Waals surface area contributed by atoms with Gasteiger partial charge in [-0.2, -0.15) is 0 Å². The van der Waals surface area contributed by atoms with Crippen LogP contribution in [0.2, 0.25) is 0 Å². The molecule has 2 heterocycles. The number of hydrogen-bond donors (Lipinski definition) is 1. The fraction of sp³-hybridized carbons (Fsp3) is 0. The molecule has 4 nitrogen and oxygen atoms in total. The second-order valence-electron chi connectivity index (χ2n) is 7.75. The molecule has 6 rings (SSSR count). The van der Waals surface area contributed by atoms with Gasteiger partial charge in [0.15, 0.2) is 5.58 Å². The number of para-hydroxylation sites is 1. The molecular weight excluding hydrogens is 396 g/mol. The molecule has 1 N–H and O–H groups in total. The number of rotatable bonds is 3. The van der Waals surface area contributed by atoms with Crippen molar-refractivity contribution < 1.29 is 9.21 Å². The van der Waals surface area contributed by atoms with Gasteiger partial charge in [-0.25, -0.2) is 4.98 Å². The van der Waals surface area contributed by atoms with E-state index in [2.05, 4.69) is 34.6 Å². The van der Waals surface area contributed by atoms with Crippen molar-refractivity contribution >= 4 is 34.3 Å². The van der Waals surface area contributed by atoms with E-state index in [1.165, 1.54) is 5.56 Å². The summed E-state index contributed by atoms with van der Waals surface area (Å²) in [5.41, 5.74) is 8.00. The summed E-state index contributed by atoms with van der Waals surface area (Å²) in [5.74, 6) is 0.483. The lowest BCUT2D eigenvalue weighted by atomic mass is 10.0. The summed E-state index contributed by atoms with van der Waals surface area (Å²) < 4.78 is 6.06. The number of oxazole rings is 1. The van der Waals surface area contributed by atoms with Crippen LogP contribution in [0, 0.1) is 0 Å². The summed E-state index contributed by atoms with van der Waals surface area (Å²) in [6.07, 6.45) is 1.89. The molecule has 1 aliphatic heterocycles. The summed E-state index contributed by atoms with van der Waals surface area (Å²) in [5, 5.41) is 2.90. The maximum Gasteiger partial charge on any atom is 0.256 e. The Morgan fingerprint density at radius 1 is 0.750 bits per heavy atom. The van der Waals surface area contributed by atoms with Gasteiger partial charge in [0.05, 0.1) is 0 Å². The molecule has 0 radical (unpaired) electrons. The van der Waals surface area contributed by atoms with Gasteiger partial charge in [-0.3, -0.25) is 4.79 Å². The molecule has 1 amide bonds. The third-order valence-electron chi connectivity index (χ3n) is 5.67. The summed E-state index contributed by atoms with van der Waals surface area (Å²) in [4.78, 5) is 17.0. The van der Waals surface area contributed by atoms with Gasteiger partial charge in [0, 0.05) is 22.4 Å². The van der Waals surface area contributed by atoms with Crippen molar-refractivity contribution in [2.75, 3.05) is 5.32 Å². The van der Waals surface area contributed by atoms with Gasteiger partial charge >= 0.3 is 0 Å². The molecule has 5 aromatic rings. The molecule has 0 spiro atoms. The molecule has 0 bridgehead atoms. The lowest BCUT2D eigenvalue weighted by Crippen LogP contribution is -2.03. The van der Waals surface area contributed by atoms with Crippen LogP contribution >= 0.6 is 0 Å². The molecule has 32 heavy (non-hydrogen) atoms. The standard InChI is InChI=1S/C28H18N2O2/c31-27-23(22-8-4-5-9-24(22)29-27)16-18-10-15-25-26(17-18)32-28(30-25)21-13-11-20(12-14-21)19-6-2-1-3-7-19/h1-17H,(H,29,31)/b23-16-. The Kier molecular flexibility index (Phi) is 4.22. The van der Waals surface area contributed by atoms with Gasteiger partial charge < -0.3 is 9.73 Å². The molecule has 0 saturated heterocycles. The zero-order valence-electron chi connectivity index (χ0n) is 17.1. The van der Waals surface area contributed by atoms with E-state index < -0.39 is 0 Å². The Labute approximate surface area is 184 Å². The van der Waals surface area contributed by atoms with Crippen LogP contribution in [0.1, 0.15) is 11.1 Å². The van der Waals surface area contributed by atoms with Gasteiger partial charge in [0.25, 0.3) is 5.91 Å². The van der Waals surface area contributed by atoms with E-state index >= 15 is 0 Å². The Bertz CT molecular complexity index is 1500. The second-order valence-corrected chi connectivity index (χ2v) is 7.75. The monoisotopic (exact) mass is 414 g/mol. The predicted octanol–water partition coefficient (Wildman–Crippen LogP) is 6.65. The summed E-state index contributed by atoms with van der Waals surface area (Å²) in [7, 11) is 0. The molecule has 1 aromatic heterocycles. The number of benzene rings is 4. The van der Waals surface area contributed by atoms with E-state index in [-0.39, 0.29) is 5.91 Å². The molecular formula is C28H18N2O2. The molecule has 0 unspecified atom stereocenters. The average Bonchev–Trinajstić information content (AvgIpc) is 3.40. The van der Waals surface area contributed by atoms with Crippen molar-refractivity contribution in [1.29, 1.82) is 0 Å². The fourth-order valence-corrected chi connectivity index (χ4v) is 4.04. The first-order valence-electron chi connectivity index (χ1n) is 10.4. The van der Waals surface area contributed by atoms with Crippen LogP contribution in [0.15, 0.2) is 101 Å². The third kappa shape index (κ3) is 3.19. The van der Waals surface area contributed by atoms with Crippen LogP contribution < -0.4 is 5.32 Å². The molecule has 0 fully saturated rings. The van der Waals surface area contributed by atoms with Gasteiger partial charge in [0.1, 0.15) is 5.52 Å². The van der Waals surface area contributed by atoms with E-state index in [1.807, 2.05) is 78.9 Å². The SMILES string of the molecule is O=C1Nc2ccccc2/C1=C/c1ccc2nc(-c3ccc(-c4ccccc4)cc3)oc2c1. The largest absolute Gasteiger partial charge is 0.436 e. The maximum absolute atomic E-state index is 12.4.